The van der Waals surface area contributed by atoms with Crippen LogP contribution in [0.1, 0.15) is 17.0 Å². The minimum absolute atomic E-state index is 0.0827. The third-order valence-corrected chi connectivity index (χ3v) is 4.13. The SMILES string of the molecule is Cc1cc(CS(=O)(=O)CCc2ccccc2)on1. The van der Waals surface area contributed by atoms with Gasteiger partial charge in [0, 0.05) is 6.07 Å². The van der Waals surface area contributed by atoms with E-state index in [4.69, 9.17) is 4.52 Å². The summed E-state index contributed by atoms with van der Waals surface area (Å²) in [5, 5.41) is 3.68. The smallest absolute Gasteiger partial charge is 0.157 e. The highest BCUT2D eigenvalue weighted by Crippen LogP contribution is 2.10. The van der Waals surface area contributed by atoms with E-state index in [-0.39, 0.29) is 11.5 Å². The molecule has 0 saturated carbocycles. The van der Waals surface area contributed by atoms with Gasteiger partial charge in [0.15, 0.2) is 15.6 Å². The predicted octanol–water partition coefficient (Wildman–Crippen LogP) is 2.14. The Bertz CT molecular complexity index is 602. The number of nitrogens with zero attached hydrogens (tertiary/aromatic N) is 1. The molecule has 1 heterocycles. The second kappa shape index (κ2) is 5.35. The van der Waals surface area contributed by atoms with E-state index in [1.807, 2.05) is 30.3 Å². The molecule has 1 aromatic carbocycles. The number of sulfone groups is 1. The molecule has 1 aromatic heterocycles. The lowest BCUT2D eigenvalue weighted by Crippen LogP contribution is -2.11. The van der Waals surface area contributed by atoms with E-state index in [1.54, 1.807) is 13.0 Å². The predicted molar refractivity (Wildman–Crippen MR) is 68.9 cm³/mol. The van der Waals surface area contributed by atoms with Gasteiger partial charge in [-0.3, -0.25) is 0 Å². The Morgan fingerprint density at radius 1 is 1.22 bits per heavy atom. The first kappa shape index (κ1) is 12.8. The summed E-state index contributed by atoms with van der Waals surface area (Å²) >= 11 is 0. The van der Waals surface area contributed by atoms with Crippen molar-refractivity contribution in [3.8, 4) is 0 Å². The van der Waals surface area contributed by atoms with E-state index < -0.39 is 9.84 Å². The van der Waals surface area contributed by atoms with E-state index in [1.165, 1.54) is 0 Å². The zero-order valence-electron chi connectivity index (χ0n) is 10.2. The highest BCUT2D eigenvalue weighted by molar-refractivity contribution is 7.90. The Hall–Kier alpha value is -1.62. The van der Waals surface area contributed by atoms with Gasteiger partial charge >= 0.3 is 0 Å². The number of rotatable bonds is 5. The van der Waals surface area contributed by atoms with Crippen molar-refractivity contribution in [3.05, 3.63) is 53.4 Å². The second-order valence-corrected chi connectivity index (χ2v) is 6.45. The maximum absolute atomic E-state index is 11.9. The van der Waals surface area contributed by atoms with Gasteiger partial charge in [-0.2, -0.15) is 0 Å². The molecule has 96 valence electrons. The molecule has 0 unspecified atom stereocenters. The topological polar surface area (TPSA) is 60.2 Å². The van der Waals surface area contributed by atoms with Crippen LogP contribution in [-0.2, 0) is 22.0 Å². The molecule has 5 heteroatoms. The fraction of sp³-hybridized carbons (Fsp3) is 0.308. The van der Waals surface area contributed by atoms with Crippen LogP contribution in [-0.4, -0.2) is 19.3 Å². The summed E-state index contributed by atoms with van der Waals surface area (Å²) in [5.41, 5.74) is 1.72. The fourth-order valence-electron chi connectivity index (χ4n) is 1.69. The van der Waals surface area contributed by atoms with Crippen molar-refractivity contribution in [1.82, 2.24) is 5.16 Å². The largest absolute Gasteiger partial charge is 0.360 e. The molecule has 0 aliphatic carbocycles. The molecule has 18 heavy (non-hydrogen) atoms. The van der Waals surface area contributed by atoms with Gasteiger partial charge in [0.05, 0.1) is 11.4 Å². The van der Waals surface area contributed by atoms with Crippen molar-refractivity contribution in [1.29, 1.82) is 0 Å². The van der Waals surface area contributed by atoms with E-state index >= 15 is 0 Å². The lowest BCUT2D eigenvalue weighted by Gasteiger charge is -2.02. The van der Waals surface area contributed by atoms with Crippen molar-refractivity contribution < 1.29 is 12.9 Å². The van der Waals surface area contributed by atoms with E-state index in [2.05, 4.69) is 5.16 Å². The van der Waals surface area contributed by atoms with Crippen molar-refractivity contribution in [2.45, 2.75) is 19.1 Å². The van der Waals surface area contributed by atoms with Gasteiger partial charge < -0.3 is 4.52 Å². The molecule has 0 saturated heterocycles. The number of aromatic nitrogens is 1. The standard InChI is InChI=1S/C13H15NO3S/c1-11-9-13(17-14-11)10-18(15,16)8-7-12-5-3-2-4-6-12/h2-6,9H,7-8,10H2,1H3. The third-order valence-electron chi connectivity index (χ3n) is 2.58. The van der Waals surface area contributed by atoms with Crippen molar-refractivity contribution >= 4 is 9.84 Å². The molecule has 0 fully saturated rings. The molecule has 0 spiro atoms. The molecule has 0 atom stereocenters. The Kier molecular flexibility index (Phi) is 3.81. The Morgan fingerprint density at radius 3 is 2.56 bits per heavy atom. The average molecular weight is 265 g/mol. The van der Waals surface area contributed by atoms with Crippen LogP contribution in [0.15, 0.2) is 40.9 Å². The van der Waals surface area contributed by atoms with Gasteiger partial charge in [-0.1, -0.05) is 35.5 Å². The number of hydrogen-bond acceptors (Lipinski definition) is 4. The molecule has 2 rings (SSSR count). The molecule has 0 aliphatic heterocycles. The van der Waals surface area contributed by atoms with Crippen LogP contribution in [0.3, 0.4) is 0 Å². The maximum Gasteiger partial charge on any atom is 0.157 e. The molecular weight excluding hydrogens is 250 g/mol. The van der Waals surface area contributed by atoms with Crippen LogP contribution in [0, 0.1) is 6.92 Å². The molecule has 0 amide bonds. The quantitative estimate of drug-likeness (QED) is 0.831. The summed E-state index contributed by atoms with van der Waals surface area (Å²) in [6.45, 7) is 1.77. The van der Waals surface area contributed by atoms with Crippen LogP contribution >= 0.6 is 0 Å². The van der Waals surface area contributed by atoms with Crippen LogP contribution in [0.2, 0.25) is 0 Å². The Balaban J connectivity index is 1.96. The molecule has 0 aliphatic rings. The summed E-state index contributed by atoms with van der Waals surface area (Å²) in [4.78, 5) is 0. The Morgan fingerprint density at radius 2 is 1.94 bits per heavy atom. The van der Waals surface area contributed by atoms with Gasteiger partial charge in [-0.15, -0.1) is 0 Å². The molecule has 4 nitrogen and oxygen atoms in total. The molecule has 2 aromatic rings. The summed E-state index contributed by atoms with van der Waals surface area (Å²) < 4.78 is 28.7. The minimum Gasteiger partial charge on any atom is -0.360 e. The second-order valence-electron chi connectivity index (χ2n) is 4.26. The Labute approximate surface area is 107 Å². The lowest BCUT2D eigenvalue weighted by atomic mass is 10.2. The van der Waals surface area contributed by atoms with Crippen LogP contribution in [0.5, 0.6) is 0 Å². The van der Waals surface area contributed by atoms with Crippen LogP contribution < -0.4 is 0 Å². The molecule has 0 radical (unpaired) electrons. The lowest BCUT2D eigenvalue weighted by molar-refractivity contribution is 0.388. The number of hydrogen-bond donors (Lipinski definition) is 0. The molecular formula is C13H15NO3S. The summed E-state index contributed by atoms with van der Waals surface area (Å²) in [6, 6.07) is 11.2. The summed E-state index contributed by atoms with van der Waals surface area (Å²) in [6.07, 6.45) is 0.524. The van der Waals surface area contributed by atoms with Gasteiger partial charge in [-0.25, -0.2) is 8.42 Å². The molecule has 0 bridgehead atoms. The van der Waals surface area contributed by atoms with Crippen molar-refractivity contribution in [2.24, 2.45) is 0 Å². The summed E-state index contributed by atoms with van der Waals surface area (Å²) in [7, 11) is -3.15. The van der Waals surface area contributed by atoms with Crippen LogP contribution in [0.4, 0.5) is 0 Å². The normalized spacial score (nSPS) is 11.6. The summed E-state index contributed by atoms with van der Waals surface area (Å²) in [5.74, 6) is 0.442. The monoisotopic (exact) mass is 265 g/mol. The average Bonchev–Trinajstić information content (AvgIpc) is 2.73. The van der Waals surface area contributed by atoms with E-state index in [9.17, 15) is 8.42 Å². The maximum atomic E-state index is 11.9. The highest BCUT2D eigenvalue weighted by atomic mass is 32.2. The molecule has 0 N–H and O–H groups in total. The van der Waals surface area contributed by atoms with Gasteiger partial charge in [-0.05, 0) is 18.9 Å². The number of aryl methyl sites for hydroxylation is 2. The fourth-order valence-corrected chi connectivity index (χ4v) is 2.95. The third kappa shape index (κ3) is 3.70. The minimum atomic E-state index is -3.15. The van der Waals surface area contributed by atoms with Gasteiger partial charge in [0.25, 0.3) is 0 Å². The van der Waals surface area contributed by atoms with E-state index in [0.29, 0.717) is 17.9 Å². The van der Waals surface area contributed by atoms with Crippen molar-refractivity contribution in [2.75, 3.05) is 5.75 Å². The first-order valence-corrected chi connectivity index (χ1v) is 7.54. The first-order chi connectivity index (χ1) is 8.55. The van der Waals surface area contributed by atoms with Gasteiger partial charge in [0.1, 0.15) is 5.75 Å². The van der Waals surface area contributed by atoms with Gasteiger partial charge in [0.2, 0.25) is 0 Å². The zero-order chi connectivity index (χ0) is 13.0. The van der Waals surface area contributed by atoms with E-state index in [0.717, 1.165) is 5.56 Å². The first-order valence-electron chi connectivity index (χ1n) is 5.72. The van der Waals surface area contributed by atoms with Crippen LogP contribution in [0.25, 0.3) is 0 Å². The number of benzene rings is 1. The van der Waals surface area contributed by atoms with Crippen molar-refractivity contribution in [3.63, 3.8) is 0 Å². The highest BCUT2D eigenvalue weighted by Gasteiger charge is 2.15. The zero-order valence-corrected chi connectivity index (χ0v) is 11.0.